The Morgan fingerprint density at radius 3 is 2.78 bits per heavy atom. The molecule has 2 aromatic heterocycles. The van der Waals surface area contributed by atoms with Crippen LogP contribution in [0.15, 0.2) is 15.7 Å². The molecule has 2 aromatic rings. The van der Waals surface area contributed by atoms with Gasteiger partial charge in [-0.15, -0.1) is 10.2 Å². The van der Waals surface area contributed by atoms with Crippen molar-refractivity contribution in [2.75, 3.05) is 19.5 Å². The van der Waals surface area contributed by atoms with E-state index in [1.807, 2.05) is 19.9 Å². The zero-order valence-electron chi connectivity index (χ0n) is 16.7. The Morgan fingerprint density at radius 1 is 1.33 bits per heavy atom. The maximum atomic E-state index is 12.7. The van der Waals surface area contributed by atoms with E-state index in [0.29, 0.717) is 23.5 Å². The number of methoxy groups -OCH3 is 1. The van der Waals surface area contributed by atoms with E-state index in [1.54, 1.807) is 7.11 Å². The van der Waals surface area contributed by atoms with E-state index >= 15 is 0 Å². The van der Waals surface area contributed by atoms with E-state index in [1.165, 1.54) is 31.0 Å². The monoisotopic (exact) mass is 391 g/mol. The molecular formula is C20H29N3O3S. The van der Waals surface area contributed by atoms with E-state index in [4.69, 9.17) is 9.15 Å². The van der Waals surface area contributed by atoms with Gasteiger partial charge in [0.15, 0.2) is 5.78 Å². The van der Waals surface area contributed by atoms with Crippen molar-refractivity contribution in [3.05, 3.63) is 28.9 Å². The maximum Gasteiger partial charge on any atom is 0.277 e. The van der Waals surface area contributed by atoms with Gasteiger partial charge in [0, 0.05) is 30.0 Å². The normalized spacial score (nSPS) is 16.6. The number of hydrogen-bond acceptors (Lipinski definition) is 6. The van der Waals surface area contributed by atoms with Crippen LogP contribution in [0.2, 0.25) is 0 Å². The van der Waals surface area contributed by atoms with Crippen molar-refractivity contribution in [3.8, 4) is 0 Å². The highest BCUT2D eigenvalue weighted by Gasteiger charge is 2.23. The number of aromatic nitrogens is 3. The molecule has 0 spiro atoms. The Hall–Kier alpha value is -1.60. The van der Waals surface area contributed by atoms with Crippen LogP contribution in [0.3, 0.4) is 0 Å². The fourth-order valence-corrected chi connectivity index (χ4v) is 4.70. The van der Waals surface area contributed by atoms with Gasteiger partial charge in [0.25, 0.3) is 5.22 Å². The molecule has 1 fully saturated rings. The minimum atomic E-state index is 0.0846. The maximum absolute atomic E-state index is 12.7. The van der Waals surface area contributed by atoms with Gasteiger partial charge in [-0.1, -0.05) is 31.0 Å². The summed E-state index contributed by atoms with van der Waals surface area (Å²) in [4.78, 5) is 12.7. The molecule has 0 radical (unpaired) electrons. The van der Waals surface area contributed by atoms with Gasteiger partial charge in [-0.3, -0.25) is 4.79 Å². The zero-order chi connectivity index (χ0) is 19.4. The molecule has 7 heteroatoms. The molecular weight excluding hydrogens is 362 g/mol. The molecule has 1 aliphatic carbocycles. The summed E-state index contributed by atoms with van der Waals surface area (Å²) in [6.45, 7) is 6.73. The van der Waals surface area contributed by atoms with E-state index in [0.717, 1.165) is 35.7 Å². The van der Waals surface area contributed by atoms with E-state index in [-0.39, 0.29) is 11.8 Å². The fourth-order valence-electron chi connectivity index (χ4n) is 4.05. The first-order valence-electron chi connectivity index (χ1n) is 9.68. The summed E-state index contributed by atoms with van der Waals surface area (Å²) in [5.41, 5.74) is 2.81. The van der Waals surface area contributed by atoms with Crippen LogP contribution < -0.4 is 0 Å². The fraction of sp³-hybridized carbons (Fsp3) is 0.650. The van der Waals surface area contributed by atoms with Crippen molar-refractivity contribution >= 4 is 17.5 Å². The van der Waals surface area contributed by atoms with Crippen LogP contribution >= 0.6 is 11.8 Å². The second-order valence-corrected chi connectivity index (χ2v) is 8.34. The average molecular weight is 392 g/mol. The highest BCUT2D eigenvalue weighted by Crippen LogP contribution is 2.33. The number of hydrogen-bond donors (Lipinski definition) is 0. The largest absolute Gasteiger partial charge is 0.416 e. The Kier molecular flexibility index (Phi) is 6.76. The van der Waals surface area contributed by atoms with Crippen LogP contribution in [0.5, 0.6) is 0 Å². The van der Waals surface area contributed by atoms with Crippen LogP contribution in [0.4, 0.5) is 0 Å². The summed E-state index contributed by atoms with van der Waals surface area (Å²) in [6.07, 6.45) is 5.99. The van der Waals surface area contributed by atoms with Crippen LogP contribution in [0.25, 0.3) is 0 Å². The van der Waals surface area contributed by atoms with Crippen molar-refractivity contribution in [2.45, 2.75) is 70.1 Å². The number of ketones is 1. The van der Waals surface area contributed by atoms with Crippen LogP contribution in [-0.4, -0.2) is 40.0 Å². The highest BCUT2D eigenvalue weighted by molar-refractivity contribution is 7.99. The lowest BCUT2D eigenvalue weighted by molar-refractivity contribution is 0.102. The Bertz CT molecular complexity index is 778. The molecule has 6 nitrogen and oxygen atoms in total. The lowest BCUT2D eigenvalue weighted by Gasteiger charge is -2.17. The topological polar surface area (TPSA) is 70.2 Å². The number of nitrogens with zero attached hydrogens (tertiary/aromatic N) is 3. The third kappa shape index (κ3) is 4.63. The quantitative estimate of drug-likeness (QED) is 0.479. The molecule has 1 saturated carbocycles. The molecule has 1 unspecified atom stereocenters. The van der Waals surface area contributed by atoms with E-state index in [2.05, 4.69) is 21.7 Å². The number of thioether (sulfide) groups is 1. The van der Waals surface area contributed by atoms with Crippen LogP contribution in [0, 0.1) is 13.8 Å². The first kappa shape index (κ1) is 20.1. The number of aryl methyl sites for hydroxylation is 1. The second kappa shape index (κ2) is 9.06. The second-order valence-electron chi connectivity index (χ2n) is 7.41. The molecule has 0 bridgehead atoms. The van der Waals surface area contributed by atoms with Gasteiger partial charge >= 0.3 is 0 Å². The first-order chi connectivity index (χ1) is 13.0. The summed E-state index contributed by atoms with van der Waals surface area (Å²) in [5.74, 6) is 1.50. The van der Waals surface area contributed by atoms with Gasteiger partial charge in [0.1, 0.15) is 0 Å². The molecule has 1 aliphatic rings. The van der Waals surface area contributed by atoms with Crippen molar-refractivity contribution in [1.29, 1.82) is 0 Å². The SMILES string of the molecule is COCC(C)n1c(C)cc(C(=O)CSc2nnc(C3CCCCC3)o2)c1C. The zero-order valence-corrected chi connectivity index (χ0v) is 17.5. The summed E-state index contributed by atoms with van der Waals surface area (Å²) in [7, 11) is 1.69. The van der Waals surface area contributed by atoms with Gasteiger partial charge in [-0.25, -0.2) is 0 Å². The molecule has 3 rings (SSSR count). The van der Waals surface area contributed by atoms with Gasteiger partial charge in [-0.2, -0.15) is 0 Å². The molecule has 0 aromatic carbocycles. The Morgan fingerprint density at radius 2 is 2.07 bits per heavy atom. The summed E-state index contributed by atoms with van der Waals surface area (Å²) in [6, 6.07) is 2.16. The lowest BCUT2D eigenvalue weighted by atomic mass is 9.89. The van der Waals surface area contributed by atoms with Crippen LogP contribution in [-0.2, 0) is 4.74 Å². The van der Waals surface area contributed by atoms with Crippen LogP contribution in [0.1, 0.15) is 78.6 Å². The summed E-state index contributed by atoms with van der Waals surface area (Å²) in [5, 5.41) is 8.82. The van der Waals surface area contributed by atoms with Crippen molar-refractivity contribution in [3.63, 3.8) is 0 Å². The lowest BCUT2D eigenvalue weighted by Crippen LogP contribution is -2.14. The Balaban J connectivity index is 1.63. The Labute approximate surface area is 165 Å². The third-order valence-corrected chi connectivity index (χ3v) is 6.16. The molecule has 0 aliphatic heterocycles. The molecule has 27 heavy (non-hydrogen) atoms. The molecule has 0 amide bonds. The molecule has 2 heterocycles. The van der Waals surface area contributed by atoms with Crippen molar-refractivity contribution in [1.82, 2.24) is 14.8 Å². The van der Waals surface area contributed by atoms with E-state index in [9.17, 15) is 4.79 Å². The van der Waals surface area contributed by atoms with Gasteiger partial charge in [-0.05, 0) is 39.7 Å². The molecule has 0 saturated heterocycles. The summed E-state index contributed by atoms with van der Waals surface area (Å²) < 4.78 is 13.2. The number of rotatable bonds is 8. The standard InChI is InChI=1S/C20H29N3O3S/c1-13-10-17(15(3)23(13)14(2)11-25-4)18(24)12-27-20-22-21-19(26-20)16-8-6-5-7-9-16/h10,14,16H,5-9,11-12H2,1-4H3. The first-order valence-corrected chi connectivity index (χ1v) is 10.7. The van der Waals surface area contributed by atoms with Crippen molar-refractivity contribution in [2.24, 2.45) is 0 Å². The minimum Gasteiger partial charge on any atom is -0.416 e. The smallest absolute Gasteiger partial charge is 0.277 e. The molecule has 0 N–H and O–H groups in total. The van der Waals surface area contributed by atoms with Gasteiger partial charge in [0.2, 0.25) is 5.89 Å². The predicted molar refractivity (Wildman–Crippen MR) is 106 cm³/mol. The minimum absolute atomic E-state index is 0.0846. The van der Waals surface area contributed by atoms with Gasteiger partial charge in [0.05, 0.1) is 18.4 Å². The third-order valence-electron chi connectivity index (χ3n) is 5.34. The number of carbonyl (C=O) groups excluding carboxylic acids is 1. The van der Waals surface area contributed by atoms with Gasteiger partial charge < -0.3 is 13.7 Å². The predicted octanol–water partition coefficient (Wildman–Crippen LogP) is 4.72. The number of Topliss-reactive ketones (excluding diaryl/α,β-unsaturated/α-hetero) is 1. The van der Waals surface area contributed by atoms with E-state index < -0.39 is 0 Å². The average Bonchev–Trinajstić information content (AvgIpc) is 3.25. The summed E-state index contributed by atoms with van der Waals surface area (Å²) >= 11 is 1.33. The highest BCUT2D eigenvalue weighted by atomic mass is 32.2. The number of carbonyl (C=O) groups is 1. The molecule has 1 atom stereocenters. The molecule has 148 valence electrons. The van der Waals surface area contributed by atoms with Crippen molar-refractivity contribution < 1.29 is 13.9 Å². The number of ether oxygens (including phenoxy) is 1.